The van der Waals surface area contributed by atoms with Gasteiger partial charge in [-0.1, -0.05) is 23.9 Å². The highest BCUT2D eigenvalue weighted by atomic mass is 32.2. The summed E-state index contributed by atoms with van der Waals surface area (Å²) in [5, 5.41) is 17.2. The van der Waals surface area contributed by atoms with Crippen molar-refractivity contribution in [1.29, 1.82) is 5.26 Å². The van der Waals surface area contributed by atoms with Crippen molar-refractivity contribution in [3.63, 3.8) is 0 Å². The zero-order chi connectivity index (χ0) is 22.2. The summed E-state index contributed by atoms with van der Waals surface area (Å²) in [4.78, 5) is 14.4. The SMILES string of the molecule is CCOc1ccc(N(CCC#N)C(=O)CSc2nnc(-c3ccccc3F)n2N)cc1. The molecule has 1 aromatic heterocycles. The normalized spacial score (nSPS) is 10.5. The van der Waals surface area contributed by atoms with Crippen molar-refractivity contribution in [3.05, 3.63) is 54.3 Å². The van der Waals surface area contributed by atoms with Gasteiger partial charge < -0.3 is 15.5 Å². The van der Waals surface area contributed by atoms with Crippen LogP contribution in [0, 0.1) is 17.1 Å². The zero-order valence-corrected chi connectivity index (χ0v) is 17.7. The lowest BCUT2D eigenvalue weighted by Crippen LogP contribution is -2.33. The number of carbonyl (C=O) groups is 1. The van der Waals surface area contributed by atoms with Crippen molar-refractivity contribution in [3.8, 4) is 23.2 Å². The minimum Gasteiger partial charge on any atom is -0.494 e. The van der Waals surface area contributed by atoms with Crippen molar-refractivity contribution in [2.24, 2.45) is 0 Å². The number of nitrogen functional groups attached to an aromatic ring is 1. The number of anilines is 1. The van der Waals surface area contributed by atoms with Gasteiger partial charge in [0.2, 0.25) is 11.1 Å². The highest BCUT2D eigenvalue weighted by Gasteiger charge is 2.20. The lowest BCUT2D eigenvalue weighted by atomic mass is 10.2. The van der Waals surface area contributed by atoms with E-state index in [1.165, 1.54) is 11.0 Å². The van der Waals surface area contributed by atoms with Crippen LogP contribution in [0.1, 0.15) is 13.3 Å². The molecule has 10 heteroatoms. The monoisotopic (exact) mass is 440 g/mol. The first-order chi connectivity index (χ1) is 15.0. The van der Waals surface area contributed by atoms with Gasteiger partial charge in [0.1, 0.15) is 11.6 Å². The third-order valence-corrected chi connectivity index (χ3v) is 5.24. The van der Waals surface area contributed by atoms with Gasteiger partial charge in [-0.3, -0.25) is 4.79 Å². The van der Waals surface area contributed by atoms with Crippen molar-refractivity contribution >= 4 is 23.4 Å². The second kappa shape index (κ2) is 10.4. The maximum absolute atomic E-state index is 14.0. The Labute approximate surface area is 183 Å². The molecule has 0 aliphatic rings. The Kier molecular flexibility index (Phi) is 7.45. The van der Waals surface area contributed by atoms with Crippen LogP contribution in [0.25, 0.3) is 11.4 Å². The lowest BCUT2D eigenvalue weighted by Gasteiger charge is -2.22. The first kappa shape index (κ1) is 22.1. The maximum Gasteiger partial charge on any atom is 0.237 e. The van der Waals surface area contributed by atoms with E-state index >= 15 is 0 Å². The molecule has 0 unspecified atom stereocenters. The molecule has 0 fully saturated rings. The first-order valence-electron chi connectivity index (χ1n) is 9.53. The average molecular weight is 441 g/mol. The minimum absolute atomic E-state index is 0.0191. The third-order valence-electron chi connectivity index (χ3n) is 4.31. The standard InChI is InChI=1S/C21H21FN6O2S/c1-2-30-16-10-8-15(9-11-16)27(13-5-12-23)19(29)14-31-21-26-25-20(28(21)24)17-6-3-4-7-18(17)22/h3-4,6-11H,2,5,13-14,24H2,1H3. The number of halogens is 1. The maximum atomic E-state index is 14.0. The van der Waals surface area contributed by atoms with Crippen LogP contribution in [0.2, 0.25) is 0 Å². The number of nitrogens with zero attached hydrogens (tertiary/aromatic N) is 5. The second-order valence-electron chi connectivity index (χ2n) is 6.33. The number of aromatic nitrogens is 3. The highest BCUT2D eigenvalue weighted by Crippen LogP contribution is 2.25. The Hall–Kier alpha value is -3.58. The molecule has 0 spiro atoms. The minimum atomic E-state index is -0.465. The molecule has 0 aliphatic heterocycles. The smallest absolute Gasteiger partial charge is 0.237 e. The van der Waals surface area contributed by atoms with E-state index in [1.807, 2.05) is 6.92 Å². The van der Waals surface area contributed by atoms with E-state index in [-0.39, 0.29) is 41.2 Å². The van der Waals surface area contributed by atoms with Crippen LogP contribution < -0.4 is 15.5 Å². The molecular weight excluding hydrogens is 419 g/mol. The van der Waals surface area contributed by atoms with Crippen molar-refractivity contribution in [2.75, 3.05) is 29.6 Å². The summed E-state index contributed by atoms with van der Waals surface area (Å²) in [5.41, 5.74) is 0.881. The number of rotatable bonds is 9. The number of carbonyl (C=O) groups excluding carboxylic acids is 1. The van der Waals surface area contributed by atoms with Crippen LogP contribution in [0.5, 0.6) is 5.75 Å². The van der Waals surface area contributed by atoms with Gasteiger partial charge in [-0.2, -0.15) is 5.26 Å². The van der Waals surface area contributed by atoms with Crippen molar-refractivity contribution in [1.82, 2.24) is 14.9 Å². The molecule has 0 atom stereocenters. The van der Waals surface area contributed by atoms with Gasteiger partial charge in [0.25, 0.3) is 0 Å². The van der Waals surface area contributed by atoms with Crippen LogP contribution in [0.4, 0.5) is 10.1 Å². The van der Waals surface area contributed by atoms with Gasteiger partial charge in [-0.15, -0.1) is 10.2 Å². The van der Waals surface area contributed by atoms with Gasteiger partial charge in [0, 0.05) is 12.2 Å². The van der Waals surface area contributed by atoms with Crippen LogP contribution >= 0.6 is 11.8 Å². The van der Waals surface area contributed by atoms with Gasteiger partial charge in [0.05, 0.1) is 30.4 Å². The van der Waals surface area contributed by atoms with E-state index in [0.717, 1.165) is 16.4 Å². The summed E-state index contributed by atoms with van der Waals surface area (Å²) in [7, 11) is 0. The fourth-order valence-electron chi connectivity index (χ4n) is 2.85. The predicted octanol–water partition coefficient (Wildman–Crippen LogP) is 3.24. The number of benzene rings is 2. The summed E-state index contributed by atoms with van der Waals surface area (Å²) >= 11 is 1.09. The Balaban J connectivity index is 1.72. The average Bonchev–Trinajstić information content (AvgIpc) is 3.14. The molecule has 3 rings (SSSR count). The largest absolute Gasteiger partial charge is 0.494 e. The molecule has 2 N–H and O–H groups in total. The second-order valence-corrected chi connectivity index (χ2v) is 7.27. The molecule has 0 bridgehead atoms. The van der Waals surface area contributed by atoms with Gasteiger partial charge in [-0.05, 0) is 43.3 Å². The molecule has 0 aliphatic carbocycles. The van der Waals surface area contributed by atoms with E-state index in [9.17, 15) is 9.18 Å². The summed E-state index contributed by atoms with van der Waals surface area (Å²) in [5.74, 6) is 6.22. The number of ether oxygens (including phenoxy) is 1. The molecule has 2 aromatic carbocycles. The summed E-state index contributed by atoms with van der Waals surface area (Å²) < 4.78 is 20.6. The summed E-state index contributed by atoms with van der Waals surface area (Å²) in [6, 6.07) is 15.3. The zero-order valence-electron chi connectivity index (χ0n) is 16.9. The molecule has 1 heterocycles. The molecule has 0 saturated heterocycles. The first-order valence-corrected chi connectivity index (χ1v) is 10.5. The molecular formula is C21H21FN6O2S. The van der Waals surface area contributed by atoms with Crippen molar-refractivity contribution in [2.45, 2.75) is 18.5 Å². The topological polar surface area (TPSA) is 110 Å². The molecule has 8 nitrogen and oxygen atoms in total. The Morgan fingerprint density at radius 1 is 1.26 bits per heavy atom. The number of nitriles is 1. The number of thioether (sulfide) groups is 1. The van der Waals surface area contributed by atoms with E-state index in [2.05, 4.69) is 16.3 Å². The molecule has 0 radical (unpaired) electrons. The molecule has 160 valence electrons. The quantitative estimate of drug-likeness (QED) is 0.402. The molecule has 31 heavy (non-hydrogen) atoms. The number of hydrogen-bond acceptors (Lipinski definition) is 7. The summed E-state index contributed by atoms with van der Waals surface area (Å²) in [6.07, 6.45) is 0.189. The Morgan fingerprint density at radius 2 is 2.00 bits per heavy atom. The summed E-state index contributed by atoms with van der Waals surface area (Å²) in [6.45, 7) is 2.68. The molecule has 0 saturated carbocycles. The van der Waals surface area contributed by atoms with E-state index in [0.29, 0.717) is 18.0 Å². The highest BCUT2D eigenvalue weighted by molar-refractivity contribution is 7.99. The molecule has 1 amide bonds. The Morgan fingerprint density at radius 3 is 2.68 bits per heavy atom. The van der Waals surface area contributed by atoms with Gasteiger partial charge in [-0.25, -0.2) is 9.07 Å². The predicted molar refractivity (Wildman–Crippen MR) is 116 cm³/mol. The van der Waals surface area contributed by atoms with Crippen LogP contribution in [-0.4, -0.2) is 39.7 Å². The number of hydrogen-bond donors (Lipinski definition) is 1. The van der Waals surface area contributed by atoms with E-state index in [1.54, 1.807) is 42.5 Å². The van der Waals surface area contributed by atoms with Gasteiger partial charge in [0.15, 0.2) is 5.82 Å². The van der Waals surface area contributed by atoms with Crippen LogP contribution in [-0.2, 0) is 4.79 Å². The fraction of sp³-hybridized carbons (Fsp3) is 0.238. The number of nitrogens with two attached hydrogens (primary N) is 1. The lowest BCUT2D eigenvalue weighted by molar-refractivity contribution is -0.116. The Bertz CT molecular complexity index is 1080. The van der Waals surface area contributed by atoms with Crippen molar-refractivity contribution < 1.29 is 13.9 Å². The van der Waals surface area contributed by atoms with Gasteiger partial charge >= 0.3 is 0 Å². The number of amides is 1. The van der Waals surface area contributed by atoms with Crippen LogP contribution in [0.15, 0.2) is 53.7 Å². The third kappa shape index (κ3) is 5.32. The van der Waals surface area contributed by atoms with E-state index < -0.39 is 5.82 Å². The van der Waals surface area contributed by atoms with Crippen LogP contribution in [0.3, 0.4) is 0 Å². The van der Waals surface area contributed by atoms with E-state index in [4.69, 9.17) is 15.8 Å². The fourth-order valence-corrected chi connectivity index (χ4v) is 3.59. The molecule has 3 aromatic rings.